The SMILES string of the molecule is COC(=O)CNC=CC(=O)c1ccc2ccccc2c1. The molecule has 0 atom stereocenters. The number of nitrogens with one attached hydrogen (secondary N) is 1. The number of rotatable bonds is 5. The monoisotopic (exact) mass is 269 g/mol. The Hall–Kier alpha value is -2.62. The number of benzene rings is 2. The first-order valence-corrected chi connectivity index (χ1v) is 6.20. The molecule has 1 N–H and O–H groups in total. The van der Waals surface area contributed by atoms with Gasteiger partial charge in [0.25, 0.3) is 0 Å². The van der Waals surface area contributed by atoms with Crippen LogP contribution in [-0.2, 0) is 9.53 Å². The molecule has 0 spiro atoms. The molecule has 0 radical (unpaired) electrons. The van der Waals surface area contributed by atoms with Gasteiger partial charge in [-0.05, 0) is 16.8 Å². The van der Waals surface area contributed by atoms with Crippen molar-refractivity contribution in [1.29, 1.82) is 0 Å². The second-order valence-corrected chi connectivity index (χ2v) is 4.22. The zero-order valence-corrected chi connectivity index (χ0v) is 11.1. The molecule has 4 nitrogen and oxygen atoms in total. The van der Waals surface area contributed by atoms with Crippen molar-refractivity contribution in [2.24, 2.45) is 0 Å². The number of allylic oxidation sites excluding steroid dienone is 1. The Morgan fingerprint density at radius 1 is 1.15 bits per heavy atom. The number of carbonyl (C=O) groups excluding carboxylic acids is 2. The maximum atomic E-state index is 12.0. The molecule has 0 aliphatic heterocycles. The molecule has 0 heterocycles. The number of carbonyl (C=O) groups is 2. The molecular formula is C16H15NO3. The Balaban J connectivity index is 2.04. The summed E-state index contributed by atoms with van der Waals surface area (Å²) in [5.74, 6) is -0.499. The lowest BCUT2D eigenvalue weighted by molar-refractivity contribution is -0.139. The summed E-state index contributed by atoms with van der Waals surface area (Å²) in [7, 11) is 1.31. The molecular weight excluding hydrogens is 254 g/mol. The Morgan fingerprint density at radius 3 is 2.65 bits per heavy atom. The summed E-state index contributed by atoms with van der Waals surface area (Å²) >= 11 is 0. The number of ether oxygens (including phenoxy) is 1. The first kappa shape index (κ1) is 13.8. The molecule has 2 rings (SSSR count). The van der Waals surface area contributed by atoms with Crippen LogP contribution in [0.5, 0.6) is 0 Å². The predicted octanol–water partition coefficient (Wildman–Crippen LogP) is 2.30. The van der Waals surface area contributed by atoms with E-state index in [0.717, 1.165) is 10.8 Å². The predicted molar refractivity (Wildman–Crippen MR) is 77.4 cm³/mol. The zero-order valence-electron chi connectivity index (χ0n) is 11.1. The average Bonchev–Trinajstić information content (AvgIpc) is 2.50. The molecule has 0 unspecified atom stereocenters. The van der Waals surface area contributed by atoms with Crippen molar-refractivity contribution in [3.63, 3.8) is 0 Å². The van der Waals surface area contributed by atoms with Gasteiger partial charge in [-0.25, -0.2) is 0 Å². The fourth-order valence-electron chi connectivity index (χ4n) is 1.79. The molecule has 0 aliphatic carbocycles. The summed E-state index contributed by atoms with van der Waals surface area (Å²) in [5.41, 5.74) is 0.611. The number of ketones is 1. The van der Waals surface area contributed by atoms with Crippen LogP contribution in [0.15, 0.2) is 54.7 Å². The smallest absolute Gasteiger partial charge is 0.325 e. The van der Waals surface area contributed by atoms with E-state index in [2.05, 4.69) is 10.1 Å². The molecule has 2 aromatic carbocycles. The number of hydrogen-bond acceptors (Lipinski definition) is 4. The van der Waals surface area contributed by atoms with Crippen molar-refractivity contribution >= 4 is 22.5 Å². The summed E-state index contributed by atoms with van der Waals surface area (Å²) in [6.45, 7) is 0.0397. The van der Waals surface area contributed by atoms with E-state index in [1.54, 1.807) is 6.07 Å². The fourth-order valence-corrected chi connectivity index (χ4v) is 1.79. The number of methoxy groups -OCH3 is 1. The minimum absolute atomic E-state index is 0.0397. The van der Waals surface area contributed by atoms with Crippen molar-refractivity contribution in [2.75, 3.05) is 13.7 Å². The first-order valence-electron chi connectivity index (χ1n) is 6.20. The van der Waals surface area contributed by atoms with E-state index in [1.807, 2.05) is 36.4 Å². The number of hydrogen-bond donors (Lipinski definition) is 1. The highest BCUT2D eigenvalue weighted by atomic mass is 16.5. The van der Waals surface area contributed by atoms with Crippen LogP contribution in [0.4, 0.5) is 0 Å². The van der Waals surface area contributed by atoms with Crippen LogP contribution in [0.3, 0.4) is 0 Å². The lowest BCUT2D eigenvalue weighted by Crippen LogP contribution is -2.19. The fraction of sp³-hybridized carbons (Fsp3) is 0.125. The third-order valence-electron chi connectivity index (χ3n) is 2.86. The van der Waals surface area contributed by atoms with Crippen LogP contribution in [0, 0.1) is 0 Å². The van der Waals surface area contributed by atoms with E-state index in [1.165, 1.54) is 19.4 Å². The minimum atomic E-state index is -0.382. The highest BCUT2D eigenvalue weighted by Gasteiger charge is 2.03. The van der Waals surface area contributed by atoms with E-state index in [9.17, 15) is 9.59 Å². The first-order chi connectivity index (χ1) is 9.70. The van der Waals surface area contributed by atoms with Gasteiger partial charge in [0, 0.05) is 17.8 Å². The summed E-state index contributed by atoms with van der Waals surface area (Å²) in [5, 5.41) is 4.81. The van der Waals surface area contributed by atoms with Crippen molar-refractivity contribution in [1.82, 2.24) is 5.32 Å². The summed E-state index contributed by atoms with van der Waals surface area (Å²) in [6.07, 6.45) is 2.85. The van der Waals surface area contributed by atoms with E-state index in [4.69, 9.17) is 0 Å². The molecule has 0 saturated heterocycles. The largest absolute Gasteiger partial charge is 0.468 e. The van der Waals surface area contributed by atoms with E-state index in [0.29, 0.717) is 5.56 Å². The van der Waals surface area contributed by atoms with Gasteiger partial charge in [-0.2, -0.15) is 0 Å². The molecule has 0 amide bonds. The molecule has 102 valence electrons. The maximum absolute atomic E-state index is 12.0. The highest BCUT2D eigenvalue weighted by Crippen LogP contribution is 2.16. The Kier molecular flexibility index (Phi) is 4.50. The van der Waals surface area contributed by atoms with Gasteiger partial charge in [0.2, 0.25) is 0 Å². The summed E-state index contributed by atoms with van der Waals surface area (Å²) in [6, 6.07) is 13.4. The van der Waals surface area contributed by atoms with Crippen molar-refractivity contribution in [2.45, 2.75) is 0 Å². The van der Waals surface area contributed by atoms with Crippen LogP contribution >= 0.6 is 0 Å². The van der Waals surface area contributed by atoms with Crippen molar-refractivity contribution in [3.8, 4) is 0 Å². The average molecular weight is 269 g/mol. The number of esters is 1. The van der Waals surface area contributed by atoms with Crippen LogP contribution in [0.25, 0.3) is 10.8 Å². The van der Waals surface area contributed by atoms with Gasteiger partial charge < -0.3 is 10.1 Å². The minimum Gasteiger partial charge on any atom is -0.468 e. The number of fused-ring (bicyclic) bond motifs is 1. The van der Waals surface area contributed by atoms with Crippen molar-refractivity contribution in [3.05, 3.63) is 60.3 Å². The van der Waals surface area contributed by atoms with Gasteiger partial charge in [0.1, 0.15) is 6.54 Å². The van der Waals surface area contributed by atoms with E-state index in [-0.39, 0.29) is 18.3 Å². The van der Waals surface area contributed by atoms with Gasteiger partial charge in [-0.1, -0.05) is 36.4 Å². The Morgan fingerprint density at radius 2 is 1.90 bits per heavy atom. The lowest BCUT2D eigenvalue weighted by atomic mass is 10.0. The van der Waals surface area contributed by atoms with Crippen LogP contribution in [0.2, 0.25) is 0 Å². The molecule has 0 bridgehead atoms. The van der Waals surface area contributed by atoms with Gasteiger partial charge in [-0.3, -0.25) is 9.59 Å². The third-order valence-corrected chi connectivity index (χ3v) is 2.86. The summed E-state index contributed by atoms with van der Waals surface area (Å²) < 4.78 is 4.47. The van der Waals surface area contributed by atoms with E-state index >= 15 is 0 Å². The Labute approximate surface area is 117 Å². The molecule has 0 aromatic heterocycles. The second-order valence-electron chi connectivity index (χ2n) is 4.22. The topological polar surface area (TPSA) is 55.4 Å². The van der Waals surface area contributed by atoms with Crippen molar-refractivity contribution < 1.29 is 14.3 Å². The highest BCUT2D eigenvalue weighted by molar-refractivity contribution is 6.06. The van der Waals surface area contributed by atoms with Gasteiger partial charge in [0.15, 0.2) is 5.78 Å². The molecule has 0 fully saturated rings. The quantitative estimate of drug-likeness (QED) is 0.514. The molecule has 2 aromatic rings. The Bertz CT molecular complexity index is 662. The second kappa shape index (κ2) is 6.52. The van der Waals surface area contributed by atoms with Crippen LogP contribution in [-0.4, -0.2) is 25.4 Å². The lowest BCUT2D eigenvalue weighted by Gasteiger charge is -2.01. The van der Waals surface area contributed by atoms with Gasteiger partial charge in [0.05, 0.1) is 7.11 Å². The van der Waals surface area contributed by atoms with Gasteiger partial charge in [-0.15, -0.1) is 0 Å². The normalized spacial score (nSPS) is 10.7. The molecule has 0 aliphatic rings. The zero-order chi connectivity index (χ0) is 14.4. The maximum Gasteiger partial charge on any atom is 0.325 e. The van der Waals surface area contributed by atoms with E-state index < -0.39 is 0 Å². The van der Waals surface area contributed by atoms with Gasteiger partial charge >= 0.3 is 5.97 Å². The third kappa shape index (κ3) is 3.45. The molecule has 20 heavy (non-hydrogen) atoms. The van der Waals surface area contributed by atoms with Crippen LogP contribution < -0.4 is 5.32 Å². The molecule has 4 heteroatoms. The molecule has 0 saturated carbocycles. The van der Waals surface area contributed by atoms with Crippen LogP contribution in [0.1, 0.15) is 10.4 Å². The standard InChI is InChI=1S/C16H15NO3/c1-20-16(19)11-17-9-8-15(18)14-7-6-12-4-2-3-5-13(12)10-14/h2-10,17H,11H2,1H3. The summed E-state index contributed by atoms with van der Waals surface area (Å²) in [4.78, 5) is 22.8.